The highest BCUT2D eigenvalue weighted by atomic mass is 16.3. The first-order valence-corrected chi connectivity index (χ1v) is 9.80. The molecule has 2 N–H and O–H groups in total. The topological polar surface area (TPSA) is 74.6 Å². The van der Waals surface area contributed by atoms with Gasteiger partial charge < -0.3 is 10.2 Å². The van der Waals surface area contributed by atoms with Gasteiger partial charge in [-0.25, -0.2) is 0 Å². The summed E-state index contributed by atoms with van der Waals surface area (Å²) in [7, 11) is 0. The Morgan fingerprint density at radius 3 is 2.52 bits per heavy atom. The summed E-state index contributed by atoms with van der Waals surface area (Å²) in [6, 6.07) is 0. The van der Waals surface area contributed by atoms with Crippen molar-refractivity contribution in [2.24, 2.45) is 28.6 Å². The molecule has 4 rings (SSSR count). The van der Waals surface area contributed by atoms with Gasteiger partial charge >= 0.3 is 0 Å². The molecule has 0 aromatic rings. The van der Waals surface area contributed by atoms with Crippen LogP contribution in [0.2, 0.25) is 0 Å². The molecule has 0 amide bonds. The molecular formula is C21H30O4. The van der Waals surface area contributed by atoms with Crippen molar-refractivity contribution in [1.29, 1.82) is 0 Å². The maximum atomic E-state index is 12.2. The van der Waals surface area contributed by atoms with E-state index in [9.17, 15) is 19.8 Å². The van der Waals surface area contributed by atoms with Gasteiger partial charge in [-0.2, -0.15) is 0 Å². The minimum Gasteiger partial charge on any atom is -0.389 e. The lowest BCUT2D eigenvalue weighted by Crippen LogP contribution is -2.58. The molecule has 0 aromatic carbocycles. The molecule has 0 aromatic heterocycles. The molecule has 0 radical (unpaired) electrons. The van der Waals surface area contributed by atoms with Crippen molar-refractivity contribution in [3.05, 3.63) is 11.6 Å². The second-order valence-electron chi connectivity index (χ2n) is 9.52. The van der Waals surface area contributed by atoms with Gasteiger partial charge in [-0.3, -0.25) is 9.59 Å². The highest BCUT2D eigenvalue weighted by Gasteiger charge is 2.66. The Bertz CT molecular complexity index is 667. The average Bonchev–Trinajstić information content (AvgIpc) is 2.83. The third kappa shape index (κ3) is 2.07. The fraction of sp³-hybridized carbons (Fsp3) is 0.810. The van der Waals surface area contributed by atoms with Crippen LogP contribution in [-0.2, 0) is 9.59 Å². The van der Waals surface area contributed by atoms with Crippen molar-refractivity contribution in [2.75, 3.05) is 0 Å². The Morgan fingerprint density at radius 1 is 1.16 bits per heavy atom. The lowest BCUT2D eigenvalue weighted by molar-refractivity contribution is -0.162. The van der Waals surface area contributed by atoms with Crippen LogP contribution in [0, 0.1) is 28.6 Å². The number of aliphatic hydroxyl groups excluding tert-OH is 1. The van der Waals surface area contributed by atoms with Gasteiger partial charge in [0.2, 0.25) is 0 Å². The first kappa shape index (κ1) is 17.4. The number of hydrogen-bond acceptors (Lipinski definition) is 4. The van der Waals surface area contributed by atoms with Crippen LogP contribution in [0.5, 0.6) is 0 Å². The second kappa shape index (κ2) is 5.26. The standard InChI is InChI=1S/C21H30O4/c1-12(22)21(25)9-6-16-14-11-18(24)17-10-13(23)4-7-19(17,2)15(14)5-8-20(16,21)3/h10,14-16,18,24-25H,4-9,11H2,1-3H3/t14-,15+,16+,18+,19+,20+,21+/m0/s1. The molecule has 3 saturated carbocycles. The minimum atomic E-state index is -1.22. The highest BCUT2D eigenvalue weighted by Crippen LogP contribution is 2.67. The Balaban J connectivity index is 1.73. The fourth-order valence-corrected chi connectivity index (χ4v) is 7.20. The van der Waals surface area contributed by atoms with Crippen molar-refractivity contribution < 1.29 is 19.8 Å². The Morgan fingerprint density at radius 2 is 1.84 bits per heavy atom. The predicted octanol–water partition coefficient (Wildman–Crippen LogP) is 2.81. The Kier molecular flexibility index (Phi) is 3.66. The number of carbonyl (C=O) groups is 2. The zero-order valence-corrected chi connectivity index (χ0v) is 15.5. The zero-order valence-electron chi connectivity index (χ0n) is 15.5. The van der Waals surface area contributed by atoms with E-state index in [4.69, 9.17) is 0 Å². The summed E-state index contributed by atoms with van der Waals surface area (Å²) in [6.45, 7) is 5.83. The van der Waals surface area contributed by atoms with Gasteiger partial charge in [0.05, 0.1) is 6.10 Å². The number of fused-ring (bicyclic) bond motifs is 5. The normalized spacial score (nSPS) is 52.0. The molecule has 0 heterocycles. The lowest BCUT2D eigenvalue weighted by atomic mass is 9.46. The fourth-order valence-electron chi connectivity index (χ4n) is 7.20. The van der Waals surface area contributed by atoms with E-state index < -0.39 is 11.7 Å². The number of aliphatic hydroxyl groups is 2. The minimum absolute atomic E-state index is 0.109. The van der Waals surface area contributed by atoms with Crippen LogP contribution in [0.1, 0.15) is 65.7 Å². The van der Waals surface area contributed by atoms with E-state index in [2.05, 4.69) is 13.8 Å². The third-order valence-electron chi connectivity index (χ3n) is 8.71. The van der Waals surface area contributed by atoms with E-state index in [0.29, 0.717) is 31.1 Å². The summed E-state index contributed by atoms with van der Waals surface area (Å²) in [5.74, 6) is 1.05. The quantitative estimate of drug-likeness (QED) is 0.766. The van der Waals surface area contributed by atoms with Gasteiger partial charge in [0.1, 0.15) is 5.60 Å². The number of rotatable bonds is 1. The third-order valence-corrected chi connectivity index (χ3v) is 8.71. The molecule has 0 spiro atoms. The molecule has 4 heteroatoms. The molecule has 4 aliphatic rings. The predicted molar refractivity (Wildman–Crippen MR) is 93.7 cm³/mol. The number of carbonyl (C=O) groups excluding carboxylic acids is 2. The van der Waals surface area contributed by atoms with Crippen LogP contribution in [0.3, 0.4) is 0 Å². The van der Waals surface area contributed by atoms with Gasteiger partial charge in [0.25, 0.3) is 0 Å². The summed E-state index contributed by atoms with van der Waals surface area (Å²) in [5, 5.41) is 22.0. The number of ketones is 2. The van der Waals surface area contributed by atoms with E-state index in [0.717, 1.165) is 31.3 Å². The molecule has 138 valence electrons. The van der Waals surface area contributed by atoms with E-state index in [1.54, 1.807) is 6.08 Å². The summed E-state index contributed by atoms with van der Waals surface area (Å²) >= 11 is 0. The SMILES string of the molecule is CC(=O)[C@]1(O)CC[C@@H]2[C@H]3C[C@@H](O)C4=CC(=O)CC[C@]4(C)[C@@H]3CC[C@]21C. The summed E-state index contributed by atoms with van der Waals surface area (Å²) in [6.07, 6.45) is 6.39. The summed E-state index contributed by atoms with van der Waals surface area (Å²) < 4.78 is 0. The van der Waals surface area contributed by atoms with Crippen molar-refractivity contribution in [2.45, 2.75) is 77.4 Å². The maximum Gasteiger partial charge on any atom is 0.161 e. The molecule has 0 unspecified atom stereocenters. The molecule has 3 fully saturated rings. The zero-order chi connectivity index (χ0) is 18.2. The van der Waals surface area contributed by atoms with Crippen LogP contribution in [0.25, 0.3) is 0 Å². The monoisotopic (exact) mass is 346 g/mol. The molecule has 0 bridgehead atoms. The molecule has 7 atom stereocenters. The lowest BCUT2D eigenvalue weighted by Gasteiger charge is -2.59. The van der Waals surface area contributed by atoms with Gasteiger partial charge in [-0.15, -0.1) is 0 Å². The van der Waals surface area contributed by atoms with Crippen molar-refractivity contribution in [3.63, 3.8) is 0 Å². The Hall–Kier alpha value is -1.00. The van der Waals surface area contributed by atoms with Crippen LogP contribution < -0.4 is 0 Å². The van der Waals surface area contributed by atoms with E-state index in [1.807, 2.05) is 0 Å². The molecule has 0 aliphatic heterocycles. The van der Waals surface area contributed by atoms with Crippen LogP contribution >= 0.6 is 0 Å². The molecule has 4 nitrogen and oxygen atoms in total. The first-order chi connectivity index (χ1) is 11.6. The molecule has 0 saturated heterocycles. The van der Waals surface area contributed by atoms with Crippen LogP contribution in [0.15, 0.2) is 11.6 Å². The van der Waals surface area contributed by atoms with Gasteiger partial charge in [-0.1, -0.05) is 13.8 Å². The summed E-state index contributed by atoms with van der Waals surface area (Å²) in [5.41, 5.74) is -0.780. The highest BCUT2D eigenvalue weighted by molar-refractivity contribution is 5.92. The van der Waals surface area contributed by atoms with E-state index in [1.165, 1.54) is 6.92 Å². The number of hydrogen-bond donors (Lipinski definition) is 2. The second-order valence-corrected chi connectivity index (χ2v) is 9.52. The van der Waals surface area contributed by atoms with Crippen molar-refractivity contribution in [3.8, 4) is 0 Å². The molecule has 25 heavy (non-hydrogen) atoms. The maximum absolute atomic E-state index is 12.2. The van der Waals surface area contributed by atoms with Gasteiger partial charge in [0, 0.05) is 11.8 Å². The largest absolute Gasteiger partial charge is 0.389 e. The first-order valence-electron chi connectivity index (χ1n) is 9.80. The molecular weight excluding hydrogens is 316 g/mol. The van der Waals surface area contributed by atoms with Gasteiger partial charge in [-0.05, 0) is 80.3 Å². The van der Waals surface area contributed by atoms with Crippen LogP contribution in [-0.4, -0.2) is 33.5 Å². The number of Topliss-reactive ketones (excluding diaryl/α,β-unsaturated/α-hetero) is 1. The van der Waals surface area contributed by atoms with Crippen molar-refractivity contribution in [1.82, 2.24) is 0 Å². The van der Waals surface area contributed by atoms with Crippen molar-refractivity contribution >= 4 is 11.6 Å². The van der Waals surface area contributed by atoms with E-state index in [-0.39, 0.29) is 28.3 Å². The Labute approximate surface area is 149 Å². The molecule has 4 aliphatic carbocycles. The van der Waals surface area contributed by atoms with Crippen LogP contribution in [0.4, 0.5) is 0 Å². The smallest absolute Gasteiger partial charge is 0.161 e. The summed E-state index contributed by atoms with van der Waals surface area (Å²) in [4.78, 5) is 24.1. The van der Waals surface area contributed by atoms with E-state index >= 15 is 0 Å². The van der Waals surface area contributed by atoms with Gasteiger partial charge in [0.15, 0.2) is 11.6 Å². The average molecular weight is 346 g/mol.